The van der Waals surface area contributed by atoms with Crippen LogP contribution >= 0.6 is 0 Å². The van der Waals surface area contributed by atoms with Gasteiger partial charge in [-0.3, -0.25) is 9.78 Å². The minimum Gasteiger partial charge on any atom is -0.331 e. The summed E-state index contributed by atoms with van der Waals surface area (Å²) in [4.78, 5) is 19.0. The Morgan fingerprint density at radius 2 is 2.12 bits per heavy atom. The van der Waals surface area contributed by atoms with Crippen LogP contribution < -0.4 is 4.72 Å². The largest absolute Gasteiger partial charge is 0.331 e. The molecule has 26 heavy (non-hydrogen) atoms. The number of benzene rings is 1. The van der Waals surface area contributed by atoms with Gasteiger partial charge in [0.1, 0.15) is 0 Å². The average molecular weight is 371 g/mol. The van der Waals surface area contributed by atoms with Crippen LogP contribution in [-0.4, -0.2) is 36.8 Å². The van der Waals surface area contributed by atoms with Crippen LogP contribution in [0.3, 0.4) is 0 Å². The highest BCUT2D eigenvalue weighted by molar-refractivity contribution is 7.89. The first kappa shape index (κ1) is 18.3. The Hall–Kier alpha value is -2.51. The number of pyridine rings is 1. The molecule has 1 heterocycles. The molecule has 0 saturated heterocycles. The van der Waals surface area contributed by atoms with Crippen molar-refractivity contribution in [1.29, 1.82) is 0 Å². The van der Waals surface area contributed by atoms with Crippen LogP contribution in [0.1, 0.15) is 28.8 Å². The lowest BCUT2D eigenvalue weighted by Gasteiger charge is -2.22. The fourth-order valence-electron chi connectivity index (χ4n) is 2.66. The van der Waals surface area contributed by atoms with Crippen molar-refractivity contribution in [2.24, 2.45) is 0 Å². The molecule has 1 N–H and O–H groups in total. The molecule has 6 nitrogen and oxygen atoms in total. The topological polar surface area (TPSA) is 79.4 Å². The zero-order chi connectivity index (χ0) is 18.6. The van der Waals surface area contributed by atoms with E-state index in [2.05, 4.69) is 16.3 Å². The molecule has 1 amide bonds. The van der Waals surface area contributed by atoms with Crippen LogP contribution in [0.4, 0.5) is 0 Å². The molecule has 0 unspecified atom stereocenters. The van der Waals surface area contributed by atoms with Crippen molar-refractivity contribution < 1.29 is 13.2 Å². The molecule has 0 spiro atoms. The maximum absolute atomic E-state index is 13.0. The predicted octanol–water partition coefficient (Wildman–Crippen LogP) is 2.35. The summed E-state index contributed by atoms with van der Waals surface area (Å²) in [5.74, 6) is -0.169. The number of sulfonamides is 1. The second-order valence-corrected chi connectivity index (χ2v) is 7.96. The third kappa shape index (κ3) is 4.36. The summed E-state index contributed by atoms with van der Waals surface area (Å²) in [6.07, 6.45) is 6.82. The molecular formula is C19H21N3O3S. The molecule has 0 bridgehead atoms. The highest BCUT2D eigenvalue weighted by Gasteiger charge is 2.33. The summed E-state index contributed by atoms with van der Waals surface area (Å²) in [5, 5.41) is 0. The number of rotatable bonds is 8. The molecule has 136 valence electrons. The molecule has 2 aromatic rings. The molecule has 1 fully saturated rings. The van der Waals surface area contributed by atoms with Gasteiger partial charge in [-0.15, -0.1) is 6.58 Å². The molecule has 1 saturated carbocycles. The molecule has 0 radical (unpaired) electrons. The number of hydrogen-bond acceptors (Lipinski definition) is 4. The van der Waals surface area contributed by atoms with E-state index in [-0.39, 0.29) is 23.4 Å². The Morgan fingerprint density at radius 3 is 2.77 bits per heavy atom. The summed E-state index contributed by atoms with van der Waals surface area (Å²) >= 11 is 0. The van der Waals surface area contributed by atoms with Gasteiger partial charge in [-0.2, -0.15) is 0 Å². The van der Waals surface area contributed by atoms with Crippen molar-refractivity contribution in [2.45, 2.75) is 30.3 Å². The zero-order valence-electron chi connectivity index (χ0n) is 14.3. The van der Waals surface area contributed by atoms with E-state index < -0.39 is 10.0 Å². The lowest BCUT2D eigenvalue weighted by atomic mass is 10.1. The normalized spacial score (nSPS) is 14.0. The zero-order valence-corrected chi connectivity index (χ0v) is 15.2. The Bertz CT molecular complexity index is 893. The highest BCUT2D eigenvalue weighted by Crippen LogP contribution is 2.30. The van der Waals surface area contributed by atoms with Gasteiger partial charge in [0.15, 0.2) is 0 Å². The van der Waals surface area contributed by atoms with Crippen LogP contribution in [0.15, 0.2) is 66.3 Å². The van der Waals surface area contributed by atoms with Crippen molar-refractivity contribution in [3.63, 3.8) is 0 Å². The van der Waals surface area contributed by atoms with Crippen molar-refractivity contribution in [3.05, 3.63) is 72.6 Å². The summed E-state index contributed by atoms with van der Waals surface area (Å²) < 4.78 is 27.0. The Balaban J connectivity index is 1.84. The number of nitrogens with one attached hydrogen (secondary N) is 1. The van der Waals surface area contributed by atoms with Crippen LogP contribution in [-0.2, 0) is 16.6 Å². The van der Waals surface area contributed by atoms with Gasteiger partial charge in [0.25, 0.3) is 5.91 Å². The van der Waals surface area contributed by atoms with Gasteiger partial charge >= 0.3 is 0 Å². The standard InChI is InChI=1S/C19H21N3O3S/c1-2-10-21-26(24,25)18-7-3-6-16(12-18)19(23)22(17-8-9-17)14-15-5-4-11-20-13-15/h2-7,11-13,17,21H,1,8-10,14H2. The molecule has 1 aromatic heterocycles. The predicted molar refractivity (Wildman–Crippen MR) is 99.0 cm³/mol. The second-order valence-electron chi connectivity index (χ2n) is 6.19. The maximum atomic E-state index is 13.0. The maximum Gasteiger partial charge on any atom is 0.254 e. The molecule has 0 atom stereocenters. The van der Waals surface area contributed by atoms with Gasteiger partial charge in [0, 0.05) is 37.1 Å². The Morgan fingerprint density at radius 1 is 1.31 bits per heavy atom. The van der Waals surface area contributed by atoms with Crippen LogP contribution in [0.5, 0.6) is 0 Å². The average Bonchev–Trinajstić information content (AvgIpc) is 3.50. The summed E-state index contributed by atoms with van der Waals surface area (Å²) in [7, 11) is -3.67. The van der Waals surface area contributed by atoms with Crippen LogP contribution in [0, 0.1) is 0 Å². The van der Waals surface area contributed by atoms with Gasteiger partial charge in [-0.1, -0.05) is 18.2 Å². The van der Waals surface area contributed by atoms with Crippen LogP contribution in [0.2, 0.25) is 0 Å². The van der Waals surface area contributed by atoms with Crippen LogP contribution in [0.25, 0.3) is 0 Å². The van der Waals surface area contributed by atoms with Crippen molar-refractivity contribution >= 4 is 15.9 Å². The molecular weight excluding hydrogens is 350 g/mol. The quantitative estimate of drug-likeness (QED) is 0.723. The van der Waals surface area contributed by atoms with E-state index in [4.69, 9.17) is 0 Å². The highest BCUT2D eigenvalue weighted by atomic mass is 32.2. The summed E-state index contributed by atoms with van der Waals surface area (Å²) in [5.41, 5.74) is 1.31. The van der Waals surface area contributed by atoms with E-state index >= 15 is 0 Å². The van der Waals surface area contributed by atoms with E-state index in [0.717, 1.165) is 18.4 Å². The summed E-state index contributed by atoms with van der Waals surface area (Å²) in [6, 6.07) is 10.1. The molecule has 1 aliphatic rings. The molecule has 1 aliphatic carbocycles. The van der Waals surface area contributed by atoms with Gasteiger partial charge in [-0.25, -0.2) is 13.1 Å². The van der Waals surface area contributed by atoms with Crippen molar-refractivity contribution in [2.75, 3.05) is 6.54 Å². The smallest absolute Gasteiger partial charge is 0.254 e. The van der Waals surface area contributed by atoms with E-state index in [0.29, 0.717) is 12.1 Å². The van der Waals surface area contributed by atoms with Gasteiger partial charge < -0.3 is 4.90 Å². The Labute approximate surface area is 153 Å². The first-order chi connectivity index (χ1) is 12.5. The fraction of sp³-hybridized carbons (Fsp3) is 0.263. The number of nitrogens with zero attached hydrogens (tertiary/aromatic N) is 2. The van der Waals surface area contributed by atoms with Gasteiger partial charge in [0.2, 0.25) is 10.0 Å². The number of carbonyl (C=O) groups is 1. The number of hydrogen-bond donors (Lipinski definition) is 1. The minimum absolute atomic E-state index is 0.0716. The molecule has 7 heteroatoms. The summed E-state index contributed by atoms with van der Waals surface area (Å²) in [6.45, 7) is 4.10. The van der Waals surface area contributed by atoms with E-state index in [1.165, 1.54) is 18.2 Å². The fourth-order valence-corrected chi connectivity index (χ4v) is 3.70. The lowest BCUT2D eigenvalue weighted by molar-refractivity contribution is 0.0729. The third-order valence-corrected chi connectivity index (χ3v) is 5.55. The molecule has 0 aliphatic heterocycles. The monoisotopic (exact) mass is 371 g/mol. The molecule has 3 rings (SSSR count). The van der Waals surface area contributed by atoms with Gasteiger partial charge in [-0.05, 0) is 42.7 Å². The number of carbonyl (C=O) groups excluding carboxylic acids is 1. The third-order valence-electron chi connectivity index (χ3n) is 4.13. The van der Waals surface area contributed by atoms with E-state index in [1.807, 2.05) is 12.1 Å². The number of aromatic nitrogens is 1. The van der Waals surface area contributed by atoms with Crippen molar-refractivity contribution in [1.82, 2.24) is 14.6 Å². The first-order valence-corrected chi connectivity index (χ1v) is 9.90. The van der Waals surface area contributed by atoms with E-state index in [9.17, 15) is 13.2 Å². The SMILES string of the molecule is C=CCNS(=O)(=O)c1cccc(C(=O)N(Cc2cccnc2)C2CC2)c1. The minimum atomic E-state index is -3.67. The van der Waals surface area contributed by atoms with Gasteiger partial charge in [0.05, 0.1) is 4.90 Å². The molecule has 1 aromatic carbocycles. The Kier molecular flexibility index (Phi) is 5.49. The van der Waals surface area contributed by atoms with E-state index in [1.54, 1.807) is 29.4 Å². The number of amides is 1. The van der Waals surface area contributed by atoms with Crippen molar-refractivity contribution in [3.8, 4) is 0 Å². The lowest BCUT2D eigenvalue weighted by Crippen LogP contribution is -2.33. The first-order valence-electron chi connectivity index (χ1n) is 8.42. The second kappa shape index (κ2) is 7.80.